The fourth-order valence-corrected chi connectivity index (χ4v) is 5.37. The number of hydrogen-bond donors (Lipinski definition) is 1. The van der Waals surface area contributed by atoms with E-state index in [1.165, 1.54) is 0 Å². The van der Waals surface area contributed by atoms with E-state index in [0.29, 0.717) is 23.6 Å². The van der Waals surface area contributed by atoms with E-state index >= 15 is 4.39 Å². The highest BCUT2D eigenvalue weighted by Crippen LogP contribution is 2.48. The zero-order chi connectivity index (χ0) is 22.5. The van der Waals surface area contributed by atoms with Gasteiger partial charge < -0.3 is 14.4 Å². The van der Waals surface area contributed by atoms with Crippen LogP contribution in [-0.2, 0) is 0 Å². The number of imidazole rings is 1. The van der Waals surface area contributed by atoms with Gasteiger partial charge in [0, 0.05) is 42.0 Å². The number of aromatic nitrogens is 4. The lowest BCUT2D eigenvalue weighted by atomic mass is 9.67. The highest BCUT2D eigenvalue weighted by Gasteiger charge is 2.57. The molecule has 0 radical (unpaired) electrons. The first-order chi connectivity index (χ1) is 15.3. The van der Waals surface area contributed by atoms with E-state index in [1.54, 1.807) is 47.6 Å². The Morgan fingerprint density at radius 3 is 2.69 bits per heavy atom. The molecule has 2 fully saturated rings. The van der Waals surface area contributed by atoms with Gasteiger partial charge in [0.1, 0.15) is 11.9 Å². The average Bonchev–Trinajstić information content (AvgIpc) is 3.31. The molecule has 5 rings (SSSR count). The lowest BCUT2D eigenvalue weighted by molar-refractivity contribution is -0.152. The van der Waals surface area contributed by atoms with E-state index in [2.05, 4.69) is 27.0 Å². The van der Waals surface area contributed by atoms with Crippen molar-refractivity contribution in [2.45, 2.75) is 62.9 Å². The molecule has 2 aliphatic rings. The van der Waals surface area contributed by atoms with Gasteiger partial charge in [0.25, 0.3) is 0 Å². The van der Waals surface area contributed by atoms with Crippen molar-refractivity contribution in [2.24, 2.45) is 0 Å². The number of alkyl halides is 1. The normalized spacial score (nSPS) is 30.2. The molecule has 2 aromatic heterocycles. The van der Waals surface area contributed by atoms with Gasteiger partial charge in [0.05, 0.1) is 23.2 Å². The third-order valence-electron chi connectivity index (χ3n) is 7.51. The minimum Gasteiger partial charge on any atom is -0.507 e. The molecule has 168 valence electrons. The van der Waals surface area contributed by atoms with E-state index in [4.69, 9.17) is 4.74 Å². The van der Waals surface area contributed by atoms with Crippen molar-refractivity contribution in [3.8, 4) is 28.6 Å². The monoisotopic (exact) mass is 437 g/mol. The van der Waals surface area contributed by atoms with E-state index in [0.717, 1.165) is 24.9 Å². The summed E-state index contributed by atoms with van der Waals surface area (Å²) in [6.45, 7) is 4.19. The SMILES string of the molecule is CN1[C@]2(C)CCC[C@@]1(C)[C@@H](F)[C@H](Oc1ccc(-c3ccc(-n4ccnc4)cc3O)nn1)C2. The number of piperidine rings is 2. The number of nitrogens with zero attached hydrogens (tertiary/aromatic N) is 5. The van der Waals surface area contributed by atoms with Crippen molar-refractivity contribution < 1.29 is 14.2 Å². The van der Waals surface area contributed by atoms with Crippen LogP contribution in [0.25, 0.3) is 16.9 Å². The molecular weight excluding hydrogens is 409 g/mol. The van der Waals surface area contributed by atoms with Gasteiger partial charge in [0.2, 0.25) is 5.88 Å². The van der Waals surface area contributed by atoms with Crippen LogP contribution in [-0.4, -0.2) is 60.2 Å². The zero-order valence-corrected chi connectivity index (χ0v) is 18.6. The smallest absolute Gasteiger partial charge is 0.233 e. The molecule has 4 atom stereocenters. The summed E-state index contributed by atoms with van der Waals surface area (Å²) in [5.74, 6) is 0.387. The second-order valence-corrected chi connectivity index (χ2v) is 9.46. The molecule has 4 heterocycles. The summed E-state index contributed by atoms with van der Waals surface area (Å²) in [6, 6.07) is 8.73. The first-order valence-corrected chi connectivity index (χ1v) is 11.0. The van der Waals surface area contributed by atoms with Gasteiger partial charge in [-0.05, 0) is 58.4 Å². The molecule has 8 heteroatoms. The summed E-state index contributed by atoms with van der Waals surface area (Å²) in [5, 5.41) is 18.9. The quantitative estimate of drug-likeness (QED) is 0.661. The molecule has 2 saturated heterocycles. The predicted molar refractivity (Wildman–Crippen MR) is 119 cm³/mol. The summed E-state index contributed by atoms with van der Waals surface area (Å²) in [7, 11) is 2.03. The van der Waals surface area contributed by atoms with Crippen LogP contribution in [0.1, 0.15) is 39.5 Å². The third-order valence-corrected chi connectivity index (χ3v) is 7.51. The number of halogens is 1. The van der Waals surface area contributed by atoms with Crippen molar-refractivity contribution >= 4 is 0 Å². The second-order valence-electron chi connectivity index (χ2n) is 9.46. The summed E-state index contributed by atoms with van der Waals surface area (Å²) in [6.07, 6.45) is 6.96. The largest absolute Gasteiger partial charge is 0.507 e. The maximum absolute atomic E-state index is 15.5. The Kier molecular flexibility index (Phi) is 4.93. The number of phenolic OH excluding ortho intramolecular Hbond substituents is 1. The Hall–Kier alpha value is -3.00. The fourth-order valence-electron chi connectivity index (χ4n) is 5.37. The fraction of sp³-hybridized carbons (Fsp3) is 0.458. The lowest BCUT2D eigenvalue weighted by Crippen LogP contribution is -2.71. The van der Waals surface area contributed by atoms with E-state index in [1.807, 2.05) is 20.0 Å². The Morgan fingerprint density at radius 1 is 1.16 bits per heavy atom. The summed E-state index contributed by atoms with van der Waals surface area (Å²) >= 11 is 0. The summed E-state index contributed by atoms with van der Waals surface area (Å²) in [4.78, 5) is 6.23. The van der Waals surface area contributed by atoms with E-state index < -0.39 is 17.8 Å². The maximum atomic E-state index is 15.5. The second kappa shape index (κ2) is 7.55. The molecule has 2 bridgehead atoms. The van der Waals surface area contributed by atoms with Crippen LogP contribution in [0.15, 0.2) is 49.1 Å². The van der Waals surface area contributed by atoms with Crippen molar-refractivity contribution in [1.29, 1.82) is 0 Å². The lowest BCUT2D eigenvalue weighted by Gasteiger charge is -2.60. The maximum Gasteiger partial charge on any atom is 0.233 e. The van der Waals surface area contributed by atoms with Crippen LogP contribution >= 0.6 is 0 Å². The molecule has 7 nitrogen and oxygen atoms in total. The van der Waals surface area contributed by atoms with Gasteiger partial charge in [0.15, 0.2) is 6.17 Å². The minimum atomic E-state index is -1.11. The Balaban J connectivity index is 1.34. The van der Waals surface area contributed by atoms with Crippen LogP contribution < -0.4 is 4.74 Å². The third kappa shape index (κ3) is 3.33. The Morgan fingerprint density at radius 2 is 2.00 bits per heavy atom. The van der Waals surface area contributed by atoms with Crippen molar-refractivity contribution in [2.75, 3.05) is 7.05 Å². The minimum absolute atomic E-state index is 0.0869. The molecule has 0 unspecified atom stereocenters. The first kappa shape index (κ1) is 20.9. The van der Waals surface area contributed by atoms with Crippen molar-refractivity contribution in [3.05, 3.63) is 49.1 Å². The van der Waals surface area contributed by atoms with E-state index in [9.17, 15) is 5.11 Å². The number of rotatable bonds is 4. The highest BCUT2D eigenvalue weighted by molar-refractivity contribution is 5.68. The molecule has 1 N–H and O–H groups in total. The Bertz CT molecular complexity index is 1110. The van der Waals surface area contributed by atoms with Crippen LogP contribution in [0.5, 0.6) is 11.6 Å². The zero-order valence-electron chi connectivity index (χ0n) is 18.6. The molecular formula is C24H28FN5O2. The number of aromatic hydroxyl groups is 1. The van der Waals surface area contributed by atoms with Crippen molar-refractivity contribution in [1.82, 2.24) is 24.6 Å². The van der Waals surface area contributed by atoms with Gasteiger partial charge in [-0.15, -0.1) is 10.2 Å². The van der Waals surface area contributed by atoms with Crippen LogP contribution in [0.3, 0.4) is 0 Å². The van der Waals surface area contributed by atoms with Gasteiger partial charge in [-0.3, -0.25) is 4.90 Å². The van der Waals surface area contributed by atoms with Crippen molar-refractivity contribution in [3.63, 3.8) is 0 Å². The molecule has 2 aliphatic heterocycles. The molecule has 0 amide bonds. The summed E-state index contributed by atoms with van der Waals surface area (Å²) in [5.41, 5.74) is 1.25. The van der Waals surface area contributed by atoms with Crippen LogP contribution in [0.2, 0.25) is 0 Å². The highest BCUT2D eigenvalue weighted by atomic mass is 19.1. The molecule has 0 aliphatic carbocycles. The van der Waals surface area contributed by atoms with Gasteiger partial charge in [-0.2, -0.15) is 0 Å². The number of phenols is 1. The van der Waals surface area contributed by atoms with Gasteiger partial charge in [-0.1, -0.05) is 0 Å². The standard InChI is InChI=1S/C24H28FN5O2/c1-23-9-4-10-24(2,29(23)3)22(25)20(14-23)32-21-8-7-18(27-28-21)17-6-5-16(13-19(17)31)30-12-11-26-15-30/h5-8,11-13,15,20,22,31H,4,9-10,14H2,1-3H3/t20-,22+,23-,24+/m1/s1. The number of hydrogen-bond acceptors (Lipinski definition) is 6. The Labute approximate surface area is 186 Å². The molecule has 3 aromatic rings. The molecule has 0 saturated carbocycles. The van der Waals surface area contributed by atoms with Gasteiger partial charge in [-0.25, -0.2) is 9.37 Å². The topological polar surface area (TPSA) is 76.3 Å². The average molecular weight is 438 g/mol. The summed E-state index contributed by atoms with van der Waals surface area (Å²) < 4.78 is 23.3. The predicted octanol–water partition coefficient (Wildman–Crippen LogP) is 4.16. The first-order valence-electron chi connectivity index (χ1n) is 11.0. The molecule has 32 heavy (non-hydrogen) atoms. The van der Waals surface area contributed by atoms with E-state index in [-0.39, 0.29) is 11.3 Å². The van der Waals surface area contributed by atoms with Crippen LogP contribution in [0, 0.1) is 0 Å². The number of benzene rings is 1. The number of fused-ring (bicyclic) bond motifs is 2. The molecule has 0 spiro atoms. The number of ether oxygens (including phenoxy) is 1. The molecule has 1 aromatic carbocycles. The van der Waals surface area contributed by atoms with Crippen LogP contribution in [0.4, 0.5) is 4.39 Å². The van der Waals surface area contributed by atoms with Gasteiger partial charge >= 0.3 is 0 Å².